The van der Waals surface area contributed by atoms with Gasteiger partial charge in [-0.15, -0.1) is 0 Å². The third-order valence-electron chi connectivity index (χ3n) is 5.35. The molecule has 8 nitrogen and oxygen atoms in total. The number of fused-ring (bicyclic) bond motifs is 1. The fourth-order valence-corrected chi connectivity index (χ4v) is 3.84. The van der Waals surface area contributed by atoms with Crippen LogP contribution in [0.5, 0.6) is 5.75 Å². The van der Waals surface area contributed by atoms with E-state index < -0.39 is 5.69 Å². The van der Waals surface area contributed by atoms with Gasteiger partial charge in [-0.25, -0.2) is 4.79 Å². The normalized spacial score (nSPS) is 16.3. The smallest absolute Gasteiger partial charge is 0.323 e. The predicted molar refractivity (Wildman–Crippen MR) is 108 cm³/mol. The molecule has 29 heavy (non-hydrogen) atoms. The number of likely N-dealkylation sites (tertiary alicyclic amines) is 1. The summed E-state index contributed by atoms with van der Waals surface area (Å²) in [5, 5.41) is 14.1. The number of nitrogens with zero attached hydrogens (tertiary/aromatic N) is 1. The molecule has 4 rings (SSSR count). The van der Waals surface area contributed by atoms with Gasteiger partial charge in [0.05, 0.1) is 0 Å². The lowest BCUT2D eigenvalue weighted by molar-refractivity contribution is 0.0725. The number of benzene rings is 2. The molecular weight excluding hydrogens is 372 g/mol. The van der Waals surface area contributed by atoms with Crippen molar-refractivity contribution in [3.05, 3.63) is 63.8 Å². The first-order valence-electron chi connectivity index (χ1n) is 9.53. The number of hydrogen-bond acceptors (Lipinski definition) is 4. The van der Waals surface area contributed by atoms with Gasteiger partial charge in [0.25, 0.3) is 11.8 Å². The van der Waals surface area contributed by atoms with Crippen LogP contribution < -0.4 is 11.0 Å². The van der Waals surface area contributed by atoms with Gasteiger partial charge in [-0.1, -0.05) is 12.1 Å². The van der Waals surface area contributed by atoms with E-state index >= 15 is 0 Å². The number of rotatable bonds is 4. The van der Waals surface area contributed by atoms with E-state index in [4.69, 9.17) is 0 Å². The fraction of sp³-hybridized carbons (Fsp3) is 0.286. The van der Waals surface area contributed by atoms with Crippen molar-refractivity contribution < 1.29 is 14.7 Å². The van der Waals surface area contributed by atoms with E-state index in [-0.39, 0.29) is 29.3 Å². The number of carbonyl (C=O) groups excluding carboxylic acids is 2. The monoisotopic (exact) mass is 394 g/mol. The largest absolute Gasteiger partial charge is 0.508 e. The molecule has 3 aromatic rings. The van der Waals surface area contributed by atoms with Crippen molar-refractivity contribution in [2.45, 2.75) is 25.8 Å². The average Bonchev–Trinajstić information content (AvgIpc) is 3.30. The van der Waals surface area contributed by atoms with Gasteiger partial charge >= 0.3 is 5.69 Å². The second-order valence-electron chi connectivity index (χ2n) is 7.33. The number of aromatic nitrogens is 2. The third-order valence-corrected chi connectivity index (χ3v) is 5.35. The maximum atomic E-state index is 13.1. The Hall–Kier alpha value is -3.55. The SMILES string of the molecule is Cc1[nH]c(=O)[nH]c1C(=O)NCC1CCCN1C(=O)c1ccc2cc(O)ccc2c1. The lowest BCUT2D eigenvalue weighted by Crippen LogP contribution is -2.43. The number of aromatic amines is 2. The Morgan fingerprint density at radius 2 is 1.93 bits per heavy atom. The minimum atomic E-state index is -0.421. The van der Waals surface area contributed by atoms with Gasteiger partial charge in [0.1, 0.15) is 11.4 Å². The van der Waals surface area contributed by atoms with Crippen LogP contribution in [0.15, 0.2) is 41.2 Å². The van der Waals surface area contributed by atoms with E-state index in [0.717, 1.165) is 23.6 Å². The molecule has 0 bridgehead atoms. The maximum Gasteiger partial charge on any atom is 0.323 e. The number of nitrogens with one attached hydrogen (secondary N) is 3. The number of aromatic hydroxyl groups is 1. The quantitative estimate of drug-likeness (QED) is 0.540. The molecule has 1 aromatic heterocycles. The first-order valence-corrected chi connectivity index (χ1v) is 9.53. The van der Waals surface area contributed by atoms with Crippen molar-refractivity contribution in [1.82, 2.24) is 20.2 Å². The summed E-state index contributed by atoms with van der Waals surface area (Å²) < 4.78 is 0. The molecule has 1 aliphatic heterocycles. The minimum Gasteiger partial charge on any atom is -0.508 e. The van der Waals surface area contributed by atoms with Crippen molar-refractivity contribution in [2.24, 2.45) is 0 Å². The van der Waals surface area contributed by atoms with E-state index in [1.807, 2.05) is 12.1 Å². The molecule has 2 aromatic carbocycles. The summed E-state index contributed by atoms with van der Waals surface area (Å²) in [5.41, 5.74) is 0.847. The summed E-state index contributed by atoms with van der Waals surface area (Å²) in [6.07, 6.45) is 1.67. The molecule has 1 unspecified atom stereocenters. The van der Waals surface area contributed by atoms with Crippen molar-refractivity contribution >= 4 is 22.6 Å². The number of aryl methyl sites for hydroxylation is 1. The van der Waals surface area contributed by atoms with E-state index in [2.05, 4.69) is 15.3 Å². The molecule has 8 heteroatoms. The Morgan fingerprint density at radius 1 is 1.17 bits per heavy atom. The maximum absolute atomic E-state index is 13.1. The van der Waals surface area contributed by atoms with E-state index in [0.29, 0.717) is 24.3 Å². The number of phenolic OH excluding ortho intramolecular Hbond substituents is 1. The lowest BCUT2D eigenvalue weighted by atomic mass is 10.1. The molecule has 0 saturated carbocycles. The summed E-state index contributed by atoms with van der Waals surface area (Å²) in [7, 11) is 0. The number of hydrogen-bond donors (Lipinski definition) is 4. The summed E-state index contributed by atoms with van der Waals surface area (Å²) >= 11 is 0. The van der Waals surface area contributed by atoms with Crippen LogP contribution in [0.25, 0.3) is 10.8 Å². The summed E-state index contributed by atoms with van der Waals surface area (Å²) in [4.78, 5) is 43.5. The molecule has 1 aliphatic rings. The fourth-order valence-electron chi connectivity index (χ4n) is 3.84. The number of amides is 2. The molecule has 1 fully saturated rings. The van der Waals surface area contributed by atoms with Crippen LogP contribution in [0, 0.1) is 6.92 Å². The first kappa shape index (κ1) is 18.8. The number of H-pyrrole nitrogens is 2. The Balaban J connectivity index is 1.47. The molecule has 1 saturated heterocycles. The first-order chi connectivity index (χ1) is 13.9. The van der Waals surface area contributed by atoms with Crippen LogP contribution in [0.2, 0.25) is 0 Å². The summed E-state index contributed by atoms with van der Waals surface area (Å²) in [6.45, 7) is 2.60. The average molecular weight is 394 g/mol. The van der Waals surface area contributed by atoms with Crippen molar-refractivity contribution in [1.29, 1.82) is 0 Å². The highest BCUT2D eigenvalue weighted by Crippen LogP contribution is 2.24. The van der Waals surface area contributed by atoms with E-state index in [1.54, 1.807) is 36.1 Å². The zero-order valence-electron chi connectivity index (χ0n) is 16.0. The molecule has 2 amide bonds. The standard InChI is InChI=1S/C21H22N4O4/c1-12-18(24-21(29)23-12)19(27)22-11-16-3-2-8-25(16)20(28)15-5-4-14-10-17(26)7-6-13(14)9-15/h4-7,9-10,16,26H,2-3,8,11H2,1H3,(H,22,27)(H2,23,24,29). The van der Waals surface area contributed by atoms with Gasteiger partial charge in [0, 0.05) is 30.4 Å². The van der Waals surface area contributed by atoms with Crippen LogP contribution in [-0.4, -0.2) is 50.9 Å². The molecule has 150 valence electrons. The molecule has 4 N–H and O–H groups in total. The molecule has 0 radical (unpaired) electrons. The molecule has 2 heterocycles. The Labute approximate surface area is 166 Å². The van der Waals surface area contributed by atoms with Crippen molar-refractivity contribution in [2.75, 3.05) is 13.1 Å². The van der Waals surface area contributed by atoms with Gasteiger partial charge in [-0.05, 0) is 54.8 Å². The topological polar surface area (TPSA) is 118 Å². The van der Waals surface area contributed by atoms with Gasteiger partial charge in [0.15, 0.2) is 0 Å². The van der Waals surface area contributed by atoms with Gasteiger partial charge in [-0.3, -0.25) is 9.59 Å². The van der Waals surface area contributed by atoms with Crippen LogP contribution >= 0.6 is 0 Å². The van der Waals surface area contributed by atoms with E-state index in [1.165, 1.54) is 0 Å². The second kappa shape index (κ2) is 7.46. The molecule has 0 aliphatic carbocycles. The van der Waals surface area contributed by atoms with Gasteiger partial charge in [0.2, 0.25) is 0 Å². The van der Waals surface area contributed by atoms with Gasteiger partial charge in [-0.2, -0.15) is 0 Å². The third kappa shape index (κ3) is 3.73. The highest BCUT2D eigenvalue weighted by Gasteiger charge is 2.30. The molecule has 1 atom stereocenters. The van der Waals surface area contributed by atoms with Crippen molar-refractivity contribution in [3.8, 4) is 5.75 Å². The van der Waals surface area contributed by atoms with Gasteiger partial charge < -0.3 is 25.3 Å². The number of phenols is 1. The zero-order valence-corrected chi connectivity index (χ0v) is 16.0. The van der Waals surface area contributed by atoms with E-state index in [9.17, 15) is 19.5 Å². The van der Waals surface area contributed by atoms with Crippen molar-refractivity contribution in [3.63, 3.8) is 0 Å². The highest BCUT2D eigenvalue weighted by atomic mass is 16.3. The number of imidazole rings is 1. The summed E-state index contributed by atoms with van der Waals surface area (Å²) in [6, 6.07) is 10.3. The Kier molecular flexibility index (Phi) is 4.84. The Bertz CT molecular complexity index is 1150. The Morgan fingerprint density at radius 3 is 2.69 bits per heavy atom. The van der Waals surface area contributed by atoms with Crippen LogP contribution in [0.1, 0.15) is 39.4 Å². The molecular formula is C21H22N4O4. The molecule has 0 spiro atoms. The summed E-state index contributed by atoms with van der Waals surface area (Å²) in [5.74, 6) is -0.264. The predicted octanol–water partition coefficient (Wildman–Crippen LogP) is 1.90. The van der Waals surface area contributed by atoms with Crippen LogP contribution in [0.4, 0.5) is 0 Å². The highest BCUT2D eigenvalue weighted by molar-refractivity contribution is 5.99. The minimum absolute atomic E-state index is 0.0806. The van der Waals surface area contributed by atoms with Crippen LogP contribution in [-0.2, 0) is 0 Å². The number of carbonyl (C=O) groups is 2. The second-order valence-corrected chi connectivity index (χ2v) is 7.33. The van der Waals surface area contributed by atoms with Crippen LogP contribution in [0.3, 0.4) is 0 Å². The zero-order chi connectivity index (χ0) is 20.5. The lowest BCUT2D eigenvalue weighted by Gasteiger charge is -2.25.